The minimum Gasteiger partial charge on any atom is -0.342 e. The van der Waals surface area contributed by atoms with E-state index in [1.54, 1.807) is 11.0 Å². The molecule has 2 aromatic rings. The summed E-state index contributed by atoms with van der Waals surface area (Å²) < 4.78 is 34.1. The second-order valence-corrected chi connectivity index (χ2v) is 8.53. The number of ether oxygens (including phenoxy) is 1. The molecule has 2 atom stereocenters. The molecule has 5 rings (SSSR count). The SMILES string of the molecule is N#Cc1ccc(F)c(C(=O)N2CCC3(CC2)OC2CCC(c4cccc(F)c4)N2C3=O)c1. The highest BCUT2D eigenvalue weighted by Gasteiger charge is 2.58. The molecule has 2 amide bonds. The van der Waals surface area contributed by atoms with Crippen LogP contribution in [-0.2, 0) is 9.53 Å². The van der Waals surface area contributed by atoms with Gasteiger partial charge < -0.3 is 14.5 Å². The van der Waals surface area contributed by atoms with Crippen molar-refractivity contribution in [2.24, 2.45) is 0 Å². The molecule has 6 nitrogen and oxygen atoms in total. The molecular formula is C24H21F2N3O3. The molecule has 0 radical (unpaired) electrons. The van der Waals surface area contributed by atoms with Crippen LogP contribution in [0.4, 0.5) is 8.78 Å². The Kier molecular flexibility index (Phi) is 4.94. The number of halogens is 2. The largest absolute Gasteiger partial charge is 0.342 e. The second-order valence-electron chi connectivity index (χ2n) is 8.53. The third kappa shape index (κ3) is 3.24. The van der Waals surface area contributed by atoms with Gasteiger partial charge in [-0.15, -0.1) is 0 Å². The standard InChI is InChI=1S/C24H21F2N3O3/c25-17-3-1-2-16(13-17)20-6-7-21-29(20)23(31)24(32-21)8-10-28(11-9-24)22(30)18-12-15(14-27)4-5-19(18)26/h1-5,12-13,20-21H,6-11H2. The minimum absolute atomic E-state index is 0.126. The van der Waals surface area contributed by atoms with Gasteiger partial charge in [0.25, 0.3) is 11.8 Å². The van der Waals surface area contributed by atoms with E-state index >= 15 is 0 Å². The van der Waals surface area contributed by atoms with Crippen molar-refractivity contribution in [3.63, 3.8) is 0 Å². The lowest BCUT2D eigenvalue weighted by molar-refractivity contribution is -0.142. The van der Waals surface area contributed by atoms with Gasteiger partial charge in [-0.2, -0.15) is 5.26 Å². The van der Waals surface area contributed by atoms with E-state index < -0.39 is 17.3 Å². The first-order valence-corrected chi connectivity index (χ1v) is 10.7. The van der Waals surface area contributed by atoms with Crippen molar-refractivity contribution in [3.05, 3.63) is 70.8 Å². The number of piperidine rings is 1. The van der Waals surface area contributed by atoms with Crippen molar-refractivity contribution >= 4 is 11.8 Å². The quantitative estimate of drug-likeness (QED) is 0.721. The molecule has 32 heavy (non-hydrogen) atoms. The molecule has 0 saturated carbocycles. The summed E-state index contributed by atoms with van der Waals surface area (Å²) in [7, 11) is 0. The van der Waals surface area contributed by atoms with E-state index in [0.717, 1.165) is 11.6 Å². The van der Waals surface area contributed by atoms with E-state index in [-0.39, 0.29) is 48.2 Å². The zero-order valence-corrected chi connectivity index (χ0v) is 17.3. The van der Waals surface area contributed by atoms with E-state index in [2.05, 4.69) is 0 Å². The first-order chi connectivity index (χ1) is 15.4. The third-order valence-electron chi connectivity index (χ3n) is 6.74. The Labute approximate surface area is 184 Å². The summed E-state index contributed by atoms with van der Waals surface area (Å²) in [6.07, 6.45) is 1.63. The molecule has 8 heteroatoms. The maximum absolute atomic E-state index is 14.2. The van der Waals surface area contributed by atoms with Crippen LogP contribution < -0.4 is 0 Å². The number of fused-ring (bicyclic) bond motifs is 1. The third-order valence-corrected chi connectivity index (χ3v) is 6.74. The molecule has 3 aliphatic heterocycles. The molecule has 2 aromatic carbocycles. The van der Waals surface area contributed by atoms with E-state index in [1.165, 1.54) is 29.2 Å². The van der Waals surface area contributed by atoms with Crippen LogP contribution in [-0.4, -0.2) is 46.5 Å². The monoisotopic (exact) mass is 437 g/mol. The molecule has 164 valence electrons. The van der Waals surface area contributed by atoms with Gasteiger partial charge >= 0.3 is 0 Å². The molecule has 2 unspecified atom stereocenters. The van der Waals surface area contributed by atoms with Crippen LogP contribution in [0.3, 0.4) is 0 Å². The number of carbonyl (C=O) groups excluding carboxylic acids is 2. The number of rotatable bonds is 2. The Hall–Kier alpha value is -3.31. The van der Waals surface area contributed by atoms with Crippen LogP contribution in [0.2, 0.25) is 0 Å². The Balaban J connectivity index is 1.31. The first kappa shape index (κ1) is 20.6. The average Bonchev–Trinajstić information content (AvgIpc) is 3.32. The minimum atomic E-state index is -1.01. The number of likely N-dealkylation sites (tertiary alicyclic amines) is 1. The normalized spacial score (nSPS) is 24.0. The van der Waals surface area contributed by atoms with Gasteiger partial charge in [-0.05, 0) is 48.7 Å². The molecule has 1 spiro atoms. The van der Waals surface area contributed by atoms with Crippen LogP contribution >= 0.6 is 0 Å². The lowest BCUT2D eigenvalue weighted by atomic mass is 9.89. The van der Waals surface area contributed by atoms with Crippen LogP contribution in [0.15, 0.2) is 42.5 Å². The van der Waals surface area contributed by atoms with E-state index in [0.29, 0.717) is 25.7 Å². The van der Waals surface area contributed by atoms with Crippen LogP contribution in [0.25, 0.3) is 0 Å². The lowest BCUT2D eigenvalue weighted by Crippen LogP contribution is -2.51. The Morgan fingerprint density at radius 3 is 2.62 bits per heavy atom. The fraction of sp³-hybridized carbons (Fsp3) is 0.375. The molecular weight excluding hydrogens is 416 g/mol. The molecule has 0 bridgehead atoms. The van der Waals surface area contributed by atoms with Gasteiger partial charge in [0.1, 0.15) is 17.9 Å². The summed E-state index contributed by atoms with van der Waals surface area (Å²) in [6, 6.07) is 11.7. The van der Waals surface area contributed by atoms with Gasteiger partial charge in [-0.1, -0.05) is 12.1 Å². The molecule has 0 aromatic heterocycles. The average molecular weight is 437 g/mol. The number of carbonyl (C=O) groups is 2. The number of hydrogen-bond acceptors (Lipinski definition) is 4. The maximum atomic E-state index is 14.2. The topological polar surface area (TPSA) is 73.6 Å². The zero-order chi connectivity index (χ0) is 22.5. The fourth-order valence-corrected chi connectivity index (χ4v) is 5.09. The maximum Gasteiger partial charge on any atom is 0.257 e. The zero-order valence-electron chi connectivity index (χ0n) is 17.3. The Morgan fingerprint density at radius 1 is 1.12 bits per heavy atom. The summed E-state index contributed by atoms with van der Waals surface area (Å²) >= 11 is 0. The van der Waals surface area contributed by atoms with E-state index in [9.17, 15) is 18.4 Å². The lowest BCUT2D eigenvalue weighted by Gasteiger charge is -2.37. The van der Waals surface area contributed by atoms with Crippen molar-refractivity contribution in [1.82, 2.24) is 9.80 Å². The predicted molar refractivity (Wildman–Crippen MR) is 109 cm³/mol. The summed E-state index contributed by atoms with van der Waals surface area (Å²) in [6.45, 7) is 0.484. The van der Waals surface area contributed by atoms with Gasteiger partial charge in [0.15, 0.2) is 5.60 Å². The number of hydrogen-bond donors (Lipinski definition) is 0. The van der Waals surface area contributed by atoms with Crippen molar-refractivity contribution in [1.29, 1.82) is 5.26 Å². The highest BCUT2D eigenvalue weighted by atomic mass is 19.1. The Bertz CT molecular complexity index is 1140. The van der Waals surface area contributed by atoms with Gasteiger partial charge in [0.2, 0.25) is 0 Å². The van der Waals surface area contributed by atoms with Gasteiger partial charge in [0.05, 0.1) is 23.2 Å². The van der Waals surface area contributed by atoms with Crippen LogP contribution in [0.1, 0.15) is 53.2 Å². The van der Waals surface area contributed by atoms with Crippen LogP contribution in [0.5, 0.6) is 0 Å². The van der Waals surface area contributed by atoms with Gasteiger partial charge in [-0.3, -0.25) is 9.59 Å². The highest BCUT2D eigenvalue weighted by Crippen LogP contribution is 2.47. The summed E-state index contributed by atoms with van der Waals surface area (Å²) in [5.74, 6) is -1.65. The fourth-order valence-electron chi connectivity index (χ4n) is 5.09. The molecule has 3 fully saturated rings. The molecule has 3 saturated heterocycles. The summed E-state index contributed by atoms with van der Waals surface area (Å²) in [5, 5.41) is 9.03. The number of benzene rings is 2. The first-order valence-electron chi connectivity index (χ1n) is 10.7. The van der Waals surface area contributed by atoms with Crippen molar-refractivity contribution in [2.75, 3.05) is 13.1 Å². The van der Waals surface area contributed by atoms with Gasteiger partial charge in [0, 0.05) is 25.9 Å². The van der Waals surface area contributed by atoms with Gasteiger partial charge in [-0.25, -0.2) is 8.78 Å². The predicted octanol–water partition coefficient (Wildman–Crippen LogP) is 3.53. The molecule has 3 aliphatic rings. The second kappa shape index (κ2) is 7.68. The number of amides is 2. The molecule has 0 aliphatic carbocycles. The van der Waals surface area contributed by atoms with Crippen molar-refractivity contribution in [2.45, 2.75) is 43.6 Å². The number of nitrogens with zero attached hydrogens (tertiary/aromatic N) is 3. The van der Waals surface area contributed by atoms with E-state index in [1.807, 2.05) is 12.1 Å². The summed E-state index contributed by atoms with van der Waals surface area (Å²) in [5.41, 5.74) is -0.200. The number of nitriles is 1. The van der Waals surface area contributed by atoms with Crippen LogP contribution in [0, 0.1) is 23.0 Å². The van der Waals surface area contributed by atoms with Crippen molar-refractivity contribution in [3.8, 4) is 6.07 Å². The van der Waals surface area contributed by atoms with E-state index in [4.69, 9.17) is 10.00 Å². The molecule has 3 heterocycles. The molecule has 0 N–H and O–H groups in total. The Morgan fingerprint density at radius 2 is 1.91 bits per heavy atom. The smallest absolute Gasteiger partial charge is 0.257 e. The highest BCUT2D eigenvalue weighted by molar-refractivity contribution is 5.95. The summed E-state index contributed by atoms with van der Waals surface area (Å²) in [4.78, 5) is 29.5. The van der Waals surface area contributed by atoms with Crippen molar-refractivity contribution < 1.29 is 23.1 Å².